The van der Waals surface area contributed by atoms with Gasteiger partial charge in [-0.15, -0.1) is 0 Å². The molecule has 98 valence electrons. The summed E-state index contributed by atoms with van der Waals surface area (Å²) in [7, 11) is 0. The van der Waals surface area contributed by atoms with E-state index in [1.165, 1.54) is 0 Å². The molecule has 0 aromatic heterocycles. The number of carbonyl (C=O) groups is 1. The number of azide groups is 1. The van der Waals surface area contributed by atoms with E-state index in [9.17, 15) is 9.90 Å². The van der Waals surface area contributed by atoms with Crippen molar-refractivity contribution in [1.82, 2.24) is 5.32 Å². The SMILES string of the molecule is CC(C)(C)OC=O.[N-]=[N+]=NC1CNCCC1O. The van der Waals surface area contributed by atoms with E-state index < -0.39 is 6.10 Å². The molecule has 2 N–H and O–H groups in total. The van der Waals surface area contributed by atoms with Crippen molar-refractivity contribution in [3.05, 3.63) is 10.4 Å². The summed E-state index contributed by atoms with van der Waals surface area (Å²) in [5.74, 6) is 0. The van der Waals surface area contributed by atoms with Crippen molar-refractivity contribution in [3.63, 3.8) is 0 Å². The Morgan fingerprint density at radius 1 is 1.59 bits per heavy atom. The van der Waals surface area contributed by atoms with E-state index in [1.54, 1.807) is 0 Å². The van der Waals surface area contributed by atoms with E-state index in [0.717, 1.165) is 6.54 Å². The van der Waals surface area contributed by atoms with Crippen molar-refractivity contribution in [2.75, 3.05) is 13.1 Å². The van der Waals surface area contributed by atoms with Gasteiger partial charge >= 0.3 is 0 Å². The molecule has 0 aliphatic carbocycles. The Labute approximate surface area is 101 Å². The van der Waals surface area contributed by atoms with Crippen LogP contribution in [0.4, 0.5) is 0 Å². The Balaban J connectivity index is 0.000000325. The molecule has 17 heavy (non-hydrogen) atoms. The molecule has 1 aliphatic rings. The van der Waals surface area contributed by atoms with Crippen molar-refractivity contribution in [2.24, 2.45) is 5.11 Å². The number of rotatable bonds is 2. The number of carbonyl (C=O) groups excluding carboxylic acids is 1. The summed E-state index contributed by atoms with van der Waals surface area (Å²) in [6.45, 7) is 7.31. The first-order chi connectivity index (χ1) is 7.90. The molecule has 7 nitrogen and oxygen atoms in total. The van der Waals surface area contributed by atoms with Crippen LogP contribution in [0.1, 0.15) is 27.2 Å². The molecule has 1 rings (SSSR count). The van der Waals surface area contributed by atoms with Crippen LogP contribution in [0.25, 0.3) is 10.4 Å². The molecule has 1 saturated heterocycles. The number of nitrogens with zero attached hydrogens (tertiary/aromatic N) is 3. The van der Waals surface area contributed by atoms with Gasteiger partial charge < -0.3 is 15.2 Å². The topological polar surface area (TPSA) is 107 Å². The summed E-state index contributed by atoms with van der Waals surface area (Å²) in [5, 5.41) is 15.7. The normalized spacial score (nSPS) is 23.8. The quantitative estimate of drug-likeness (QED) is 0.326. The molecular formula is C10H20N4O3. The van der Waals surface area contributed by atoms with Crippen LogP contribution in [0.15, 0.2) is 5.11 Å². The summed E-state index contributed by atoms with van der Waals surface area (Å²) in [6, 6.07) is -0.279. The van der Waals surface area contributed by atoms with E-state index >= 15 is 0 Å². The lowest BCUT2D eigenvalue weighted by Gasteiger charge is -2.23. The van der Waals surface area contributed by atoms with E-state index in [2.05, 4.69) is 20.1 Å². The van der Waals surface area contributed by atoms with E-state index in [-0.39, 0.29) is 11.6 Å². The highest BCUT2D eigenvalue weighted by Crippen LogP contribution is 2.06. The molecule has 0 amide bonds. The van der Waals surface area contributed by atoms with Gasteiger partial charge in [0.2, 0.25) is 0 Å². The van der Waals surface area contributed by atoms with Crippen LogP contribution in [0.5, 0.6) is 0 Å². The third-order valence-electron chi connectivity index (χ3n) is 2.02. The maximum absolute atomic E-state index is 9.60. The summed E-state index contributed by atoms with van der Waals surface area (Å²) in [5.41, 5.74) is 7.74. The second-order valence-electron chi connectivity index (χ2n) is 4.66. The molecule has 1 fully saturated rings. The van der Waals surface area contributed by atoms with Crippen LogP contribution in [-0.4, -0.2) is 42.4 Å². The van der Waals surface area contributed by atoms with Crippen molar-refractivity contribution in [2.45, 2.75) is 44.9 Å². The zero-order valence-corrected chi connectivity index (χ0v) is 10.5. The van der Waals surface area contributed by atoms with Crippen molar-refractivity contribution < 1.29 is 14.6 Å². The molecule has 1 heterocycles. The third kappa shape index (κ3) is 8.50. The molecule has 2 unspecified atom stereocenters. The highest BCUT2D eigenvalue weighted by atomic mass is 16.5. The Bertz CT molecular complexity index is 271. The Morgan fingerprint density at radius 2 is 2.24 bits per heavy atom. The van der Waals surface area contributed by atoms with Crippen LogP contribution in [0.3, 0.4) is 0 Å². The van der Waals surface area contributed by atoms with Crippen LogP contribution < -0.4 is 5.32 Å². The fourth-order valence-electron chi connectivity index (χ4n) is 1.16. The number of aliphatic hydroxyl groups is 1. The van der Waals surface area contributed by atoms with Gasteiger partial charge in [-0.1, -0.05) is 5.11 Å². The number of hydrogen-bond acceptors (Lipinski definition) is 5. The largest absolute Gasteiger partial charge is 0.462 e. The molecule has 0 saturated carbocycles. The summed E-state index contributed by atoms with van der Waals surface area (Å²) < 4.78 is 4.55. The molecule has 2 atom stereocenters. The third-order valence-corrected chi connectivity index (χ3v) is 2.02. The zero-order valence-electron chi connectivity index (χ0n) is 10.5. The molecule has 0 aromatic rings. The van der Waals surface area contributed by atoms with Crippen molar-refractivity contribution in [3.8, 4) is 0 Å². The van der Waals surface area contributed by atoms with E-state index in [0.29, 0.717) is 19.4 Å². The monoisotopic (exact) mass is 244 g/mol. The van der Waals surface area contributed by atoms with E-state index in [4.69, 9.17) is 5.53 Å². The Morgan fingerprint density at radius 3 is 2.59 bits per heavy atom. The van der Waals surface area contributed by atoms with Gasteiger partial charge in [0.15, 0.2) is 0 Å². The first-order valence-corrected chi connectivity index (χ1v) is 5.45. The fraction of sp³-hybridized carbons (Fsp3) is 0.900. The summed E-state index contributed by atoms with van der Waals surface area (Å²) in [6.07, 6.45) is 0.209. The average Bonchev–Trinajstić information content (AvgIpc) is 2.21. The minimum Gasteiger partial charge on any atom is -0.462 e. The van der Waals surface area contributed by atoms with Crippen molar-refractivity contribution in [1.29, 1.82) is 0 Å². The second kappa shape index (κ2) is 7.89. The van der Waals surface area contributed by atoms with Gasteiger partial charge in [0.05, 0.1) is 12.1 Å². The summed E-state index contributed by atoms with van der Waals surface area (Å²) in [4.78, 5) is 12.2. The number of ether oxygens (including phenoxy) is 1. The maximum atomic E-state index is 9.60. The van der Waals surface area contributed by atoms with Gasteiger partial charge in [-0.25, -0.2) is 0 Å². The standard InChI is InChI=1S/C5H10N4O.C5H10O2/c6-9-8-4-3-7-2-1-5(4)10;1-5(2,3)7-4-6/h4-5,7,10H,1-3H2;4H,1-3H3. The lowest BCUT2D eigenvalue weighted by Crippen LogP contribution is -2.42. The number of nitrogens with one attached hydrogen (secondary N) is 1. The number of hydrogen-bond donors (Lipinski definition) is 2. The maximum Gasteiger partial charge on any atom is 0.293 e. The van der Waals surface area contributed by atoms with Crippen LogP contribution in [-0.2, 0) is 9.53 Å². The van der Waals surface area contributed by atoms with Gasteiger partial charge in [0.25, 0.3) is 6.47 Å². The molecule has 7 heteroatoms. The Hall–Kier alpha value is -1.30. The van der Waals surface area contributed by atoms with Gasteiger partial charge in [-0.05, 0) is 39.3 Å². The lowest BCUT2D eigenvalue weighted by molar-refractivity contribution is -0.138. The minimum absolute atomic E-state index is 0.279. The smallest absolute Gasteiger partial charge is 0.293 e. The average molecular weight is 244 g/mol. The molecule has 1 aliphatic heterocycles. The fourth-order valence-corrected chi connectivity index (χ4v) is 1.16. The van der Waals surface area contributed by atoms with Crippen LogP contribution >= 0.6 is 0 Å². The predicted molar refractivity (Wildman–Crippen MR) is 63.3 cm³/mol. The predicted octanol–water partition coefficient (Wildman–Crippen LogP) is 0.977. The first kappa shape index (κ1) is 15.7. The molecular weight excluding hydrogens is 224 g/mol. The van der Waals surface area contributed by atoms with Gasteiger partial charge in [-0.3, -0.25) is 4.79 Å². The number of aliphatic hydroxyl groups excluding tert-OH is 1. The number of piperidine rings is 1. The first-order valence-electron chi connectivity index (χ1n) is 5.45. The molecule has 0 bridgehead atoms. The van der Waals surface area contributed by atoms with Gasteiger partial charge in [0, 0.05) is 11.5 Å². The lowest BCUT2D eigenvalue weighted by atomic mass is 10.1. The molecule has 0 spiro atoms. The second-order valence-corrected chi connectivity index (χ2v) is 4.66. The highest BCUT2D eigenvalue weighted by Gasteiger charge is 2.20. The van der Waals surface area contributed by atoms with Gasteiger partial charge in [-0.2, -0.15) is 0 Å². The zero-order chi connectivity index (χ0) is 13.3. The van der Waals surface area contributed by atoms with E-state index in [1.807, 2.05) is 20.8 Å². The van der Waals surface area contributed by atoms with Crippen molar-refractivity contribution >= 4 is 6.47 Å². The highest BCUT2D eigenvalue weighted by molar-refractivity contribution is 5.37. The van der Waals surface area contributed by atoms with Crippen LogP contribution in [0.2, 0.25) is 0 Å². The Kier molecular flexibility index (Phi) is 7.29. The molecule has 0 radical (unpaired) electrons. The van der Waals surface area contributed by atoms with Crippen LogP contribution in [0, 0.1) is 0 Å². The summed E-state index contributed by atoms with van der Waals surface area (Å²) >= 11 is 0. The minimum atomic E-state index is -0.461. The van der Waals surface area contributed by atoms with Gasteiger partial charge in [0.1, 0.15) is 5.60 Å². The molecule has 0 aromatic carbocycles.